The van der Waals surface area contributed by atoms with Crippen molar-refractivity contribution in [3.63, 3.8) is 0 Å². The average molecular weight is 525 g/mol. The van der Waals surface area contributed by atoms with Crippen LogP contribution >= 0.6 is 23.2 Å². The molecule has 2 N–H and O–H groups in total. The van der Waals surface area contributed by atoms with Crippen LogP contribution in [0.2, 0.25) is 10.0 Å². The second-order valence-electron chi connectivity index (χ2n) is 8.43. The van der Waals surface area contributed by atoms with Crippen LogP contribution in [0.3, 0.4) is 0 Å². The van der Waals surface area contributed by atoms with Crippen LogP contribution in [0.5, 0.6) is 0 Å². The second kappa shape index (κ2) is 11.7. The molecule has 0 aromatic heterocycles. The third-order valence-corrected chi connectivity index (χ3v) is 8.59. The number of nitrogens with zero attached hydrogens (tertiary/aromatic N) is 1. The van der Waals surface area contributed by atoms with Gasteiger partial charge in [-0.25, -0.2) is 8.42 Å². The van der Waals surface area contributed by atoms with Crippen molar-refractivity contribution in [3.8, 4) is 0 Å². The Morgan fingerprint density at radius 1 is 1.26 bits per heavy atom. The van der Waals surface area contributed by atoms with Crippen LogP contribution in [0.25, 0.3) is 6.08 Å². The first-order valence-corrected chi connectivity index (χ1v) is 13.7. The molecule has 0 saturated carbocycles. The predicted octanol–water partition coefficient (Wildman–Crippen LogP) is 4.54. The van der Waals surface area contributed by atoms with Gasteiger partial charge in [0.2, 0.25) is 0 Å². The predicted molar refractivity (Wildman–Crippen MR) is 139 cm³/mol. The molecule has 1 unspecified atom stereocenters. The van der Waals surface area contributed by atoms with E-state index in [0.717, 1.165) is 37.1 Å². The van der Waals surface area contributed by atoms with E-state index in [1.165, 1.54) is 12.1 Å². The molecule has 6 nitrogen and oxygen atoms in total. The molecular weight excluding hydrogens is 493 g/mol. The molecule has 9 heteroatoms. The Bertz CT molecular complexity index is 1170. The molecule has 3 rings (SSSR count). The van der Waals surface area contributed by atoms with Crippen molar-refractivity contribution in [3.05, 3.63) is 69.2 Å². The molecule has 1 fully saturated rings. The molecule has 1 heterocycles. The maximum atomic E-state index is 12.9. The summed E-state index contributed by atoms with van der Waals surface area (Å²) in [7, 11) is -1.47. The minimum Gasteiger partial charge on any atom is -0.348 e. The van der Waals surface area contributed by atoms with Crippen molar-refractivity contribution in [2.45, 2.75) is 43.8 Å². The molecule has 2 aromatic rings. The summed E-state index contributed by atoms with van der Waals surface area (Å²) < 4.78 is 24.8. The van der Waals surface area contributed by atoms with Crippen LogP contribution in [0.1, 0.15) is 46.8 Å². The number of carbonyl (C=O) groups is 1. The standard InChI is InChI=1S/C25H31Cl2N3O3S/c1-4-17-11-18(13-23(27)22(17)16-30-10-6-7-21(15-30)28-3)25(31)29-14-19-12-20(26)8-9-24(19)34(32,33)5-2/h4,8-9,11-13,21,28H,1,5-7,10,14-16H2,2-3H3,(H,29,31). The number of nitrogens with one attached hydrogen (secondary N) is 2. The van der Waals surface area contributed by atoms with Gasteiger partial charge in [0.1, 0.15) is 0 Å². The fourth-order valence-electron chi connectivity index (χ4n) is 4.22. The molecule has 0 spiro atoms. The van der Waals surface area contributed by atoms with E-state index in [4.69, 9.17) is 23.2 Å². The largest absolute Gasteiger partial charge is 0.348 e. The number of piperidine rings is 1. The minimum absolute atomic E-state index is 0.0237. The molecular formula is C25H31Cl2N3O3S. The fourth-order valence-corrected chi connectivity index (χ4v) is 5.82. The highest BCUT2D eigenvalue weighted by atomic mass is 35.5. The van der Waals surface area contributed by atoms with Crippen LogP contribution < -0.4 is 10.6 Å². The maximum Gasteiger partial charge on any atom is 0.251 e. The van der Waals surface area contributed by atoms with Gasteiger partial charge >= 0.3 is 0 Å². The van der Waals surface area contributed by atoms with E-state index in [-0.39, 0.29) is 23.1 Å². The van der Waals surface area contributed by atoms with Crippen molar-refractivity contribution in [1.29, 1.82) is 0 Å². The molecule has 0 bridgehead atoms. The Hall–Kier alpha value is -1.90. The lowest BCUT2D eigenvalue weighted by molar-refractivity contribution is 0.0950. The molecule has 1 saturated heterocycles. The third kappa shape index (κ3) is 6.40. The molecule has 2 aromatic carbocycles. The number of likely N-dealkylation sites (N-methyl/N-ethyl adjacent to an activating group) is 1. The highest BCUT2D eigenvalue weighted by Gasteiger charge is 2.22. The Labute approximate surface area is 212 Å². The summed E-state index contributed by atoms with van der Waals surface area (Å²) in [6.07, 6.45) is 3.98. The monoisotopic (exact) mass is 523 g/mol. The number of likely N-dealkylation sites (tertiary alicyclic amines) is 1. The van der Waals surface area contributed by atoms with Gasteiger partial charge in [-0.2, -0.15) is 0 Å². The summed E-state index contributed by atoms with van der Waals surface area (Å²) in [6.45, 7) is 8.13. The minimum atomic E-state index is -3.45. The summed E-state index contributed by atoms with van der Waals surface area (Å²) >= 11 is 12.7. The van der Waals surface area contributed by atoms with Crippen molar-refractivity contribution >= 4 is 45.0 Å². The van der Waals surface area contributed by atoms with Gasteiger partial charge in [0.15, 0.2) is 9.84 Å². The van der Waals surface area contributed by atoms with Crippen molar-refractivity contribution in [2.24, 2.45) is 0 Å². The number of amides is 1. The van der Waals surface area contributed by atoms with Gasteiger partial charge < -0.3 is 10.6 Å². The van der Waals surface area contributed by atoms with Gasteiger partial charge in [0.05, 0.1) is 10.6 Å². The number of rotatable bonds is 9. The van der Waals surface area contributed by atoms with E-state index in [1.807, 2.05) is 7.05 Å². The maximum absolute atomic E-state index is 12.9. The highest BCUT2D eigenvalue weighted by Crippen LogP contribution is 2.27. The van der Waals surface area contributed by atoms with E-state index in [0.29, 0.717) is 33.8 Å². The molecule has 34 heavy (non-hydrogen) atoms. The van der Waals surface area contributed by atoms with E-state index in [9.17, 15) is 13.2 Å². The van der Waals surface area contributed by atoms with E-state index in [1.54, 1.807) is 31.2 Å². The van der Waals surface area contributed by atoms with Crippen LogP contribution in [0.4, 0.5) is 0 Å². The van der Waals surface area contributed by atoms with Crippen molar-refractivity contribution in [2.75, 3.05) is 25.9 Å². The Morgan fingerprint density at radius 2 is 2.03 bits per heavy atom. The first-order valence-electron chi connectivity index (χ1n) is 11.3. The number of carbonyl (C=O) groups excluding carboxylic acids is 1. The Morgan fingerprint density at radius 3 is 2.71 bits per heavy atom. The van der Waals surface area contributed by atoms with E-state index >= 15 is 0 Å². The topological polar surface area (TPSA) is 78.5 Å². The summed E-state index contributed by atoms with van der Waals surface area (Å²) in [6, 6.07) is 8.45. The highest BCUT2D eigenvalue weighted by molar-refractivity contribution is 7.91. The van der Waals surface area contributed by atoms with Gasteiger partial charge in [0, 0.05) is 41.3 Å². The number of hydrogen-bond acceptors (Lipinski definition) is 5. The van der Waals surface area contributed by atoms with Crippen LogP contribution in [0, 0.1) is 0 Å². The lowest BCUT2D eigenvalue weighted by Crippen LogP contribution is -2.44. The molecule has 1 aliphatic heterocycles. The normalized spacial score (nSPS) is 16.9. The van der Waals surface area contributed by atoms with Crippen molar-refractivity contribution in [1.82, 2.24) is 15.5 Å². The summed E-state index contributed by atoms with van der Waals surface area (Å²) in [5.74, 6) is -0.397. The Balaban J connectivity index is 1.78. The zero-order valence-corrected chi connectivity index (χ0v) is 21.9. The smallest absolute Gasteiger partial charge is 0.251 e. The van der Waals surface area contributed by atoms with Crippen LogP contribution in [-0.4, -0.2) is 51.2 Å². The van der Waals surface area contributed by atoms with Gasteiger partial charge in [-0.05, 0) is 73.5 Å². The molecule has 1 amide bonds. The number of hydrogen-bond donors (Lipinski definition) is 2. The molecule has 0 radical (unpaired) electrons. The van der Waals surface area contributed by atoms with Gasteiger partial charge in [0.25, 0.3) is 5.91 Å². The Kier molecular flexibility index (Phi) is 9.18. The number of sulfone groups is 1. The van der Waals surface area contributed by atoms with Gasteiger partial charge in [-0.1, -0.05) is 42.8 Å². The summed E-state index contributed by atoms with van der Waals surface area (Å²) in [5.41, 5.74) is 2.58. The van der Waals surface area contributed by atoms with Crippen molar-refractivity contribution < 1.29 is 13.2 Å². The van der Waals surface area contributed by atoms with Crippen LogP contribution in [0.15, 0.2) is 41.8 Å². The molecule has 0 aliphatic carbocycles. The number of halogens is 2. The second-order valence-corrected chi connectivity index (χ2v) is 11.5. The summed E-state index contributed by atoms with van der Waals surface area (Å²) in [4.78, 5) is 15.5. The molecule has 184 valence electrons. The zero-order valence-electron chi connectivity index (χ0n) is 19.5. The number of benzene rings is 2. The molecule has 1 atom stereocenters. The third-order valence-electron chi connectivity index (χ3n) is 6.18. The first-order chi connectivity index (χ1) is 16.2. The average Bonchev–Trinajstić information content (AvgIpc) is 2.83. The quantitative estimate of drug-likeness (QED) is 0.504. The molecule has 1 aliphatic rings. The van der Waals surface area contributed by atoms with E-state index < -0.39 is 9.84 Å². The SMILES string of the molecule is C=Cc1cc(C(=O)NCc2cc(Cl)ccc2S(=O)(=O)CC)cc(Cl)c1CN1CCCC(NC)C1. The van der Waals surface area contributed by atoms with Gasteiger partial charge in [-0.3, -0.25) is 9.69 Å². The lowest BCUT2D eigenvalue weighted by atomic mass is 10.0. The lowest BCUT2D eigenvalue weighted by Gasteiger charge is -2.33. The van der Waals surface area contributed by atoms with Gasteiger partial charge in [-0.15, -0.1) is 0 Å². The summed E-state index contributed by atoms with van der Waals surface area (Å²) in [5, 5.41) is 7.05. The fraction of sp³-hybridized carbons (Fsp3) is 0.400. The van der Waals surface area contributed by atoms with Crippen LogP contribution in [-0.2, 0) is 22.9 Å². The zero-order chi connectivity index (χ0) is 24.9. The van der Waals surface area contributed by atoms with E-state index in [2.05, 4.69) is 22.1 Å². The first kappa shape index (κ1) is 26.7.